The Balaban J connectivity index is 1.75. The van der Waals surface area contributed by atoms with Crippen LogP contribution in [0.1, 0.15) is 50.3 Å². The van der Waals surface area contributed by atoms with Gasteiger partial charge in [-0.1, -0.05) is 25.7 Å². The summed E-state index contributed by atoms with van der Waals surface area (Å²) in [6.07, 6.45) is 10.5. The quantitative estimate of drug-likeness (QED) is 0.811. The Morgan fingerprint density at radius 2 is 2.12 bits per heavy atom. The van der Waals surface area contributed by atoms with Crippen LogP contribution in [0.4, 0.5) is 0 Å². The standard InChI is InChI=1S/C13H22N2S/c1-11(12-6-4-2-3-5-7-12)15-9-13-8-14-10-16-13/h8,10-12,15H,2-7,9H2,1H3/t11-/m1/s1. The lowest BCUT2D eigenvalue weighted by molar-refractivity contribution is 0.337. The van der Waals surface area contributed by atoms with Crippen LogP contribution in [-0.2, 0) is 6.54 Å². The Bertz CT molecular complexity index is 276. The molecule has 1 fully saturated rings. The fourth-order valence-corrected chi connectivity index (χ4v) is 3.11. The SMILES string of the molecule is C[C@@H](NCc1cncs1)C1CCCCCC1. The zero-order valence-electron chi connectivity index (χ0n) is 10.1. The van der Waals surface area contributed by atoms with Crippen molar-refractivity contribution in [2.75, 3.05) is 0 Å². The van der Waals surface area contributed by atoms with E-state index >= 15 is 0 Å². The van der Waals surface area contributed by atoms with Crippen LogP contribution in [0.5, 0.6) is 0 Å². The number of rotatable bonds is 4. The fourth-order valence-electron chi connectivity index (χ4n) is 2.57. The normalized spacial score (nSPS) is 20.6. The monoisotopic (exact) mass is 238 g/mol. The van der Waals surface area contributed by atoms with E-state index in [2.05, 4.69) is 17.2 Å². The first-order valence-electron chi connectivity index (χ1n) is 6.47. The minimum atomic E-state index is 0.653. The number of hydrogen-bond acceptors (Lipinski definition) is 3. The average molecular weight is 238 g/mol. The first-order chi connectivity index (χ1) is 7.86. The topological polar surface area (TPSA) is 24.9 Å². The van der Waals surface area contributed by atoms with E-state index in [-0.39, 0.29) is 0 Å². The zero-order valence-corrected chi connectivity index (χ0v) is 10.9. The molecule has 16 heavy (non-hydrogen) atoms. The predicted molar refractivity (Wildman–Crippen MR) is 69.6 cm³/mol. The summed E-state index contributed by atoms with van der Waals surface area (Å²) in [7, 11) is 0. The van der Waals surface area contributed by atoms with Gasteiger partial charge < -0.3 is 5.32 Å². The molecule has 0 saturated heterocycles. The van der Waals surface area contributed by atoms with Gasteiger partial charge >= 0.3 is 0 Å². The number of nitrogens with one attached hydrogen (secondary N) is 1. The molecule has 1 aromatic heterocycles. The van der Waals surface area contributed by atoms with Crippen molar-refractivity contribution in [1.29, 1.82) is 0 Å². The molecule has 1 aromatic rings. The highest BCUT2D eigenvalue weighted by molar-refractivity contribution is 7.09. The van der Waals surface area contributed by atoms with Crippen molar-refractivity contribution in [3.05, 3.63) is 16.6 Å². The Morgan fingerprint density at radius 1 is 1.38 bits per heavy atom. The maximum Gasteiger partial charge on any atom is 0.0794 e. The number of hydrogen-bond donors (Lipinski definition) is 1. The van der Waals surface area contributed by atoms with E-state index in [0.717, 1.165) is 12.5 Å². The van der Waals surface area contributed by atoms with E-state index in [9.17, 15) is 0 Å². The van der Waals surface area contributed by atoms with Gasteiger partial charge in [0.2, 0.25) is 0 Å². The highest BCUT2D eigenvalue weighted by Crippen LogP contribution is 2.25. The third-order valence-corrected chi connectivity index (χ3v) is 4.47. The van der Waals surface area contributed by atoms with E-state index in [4.69, 9.17) is 0 Å². The van der Waals surface area contributed by atoms with E-state index in [1.54, 1.807) is 11.3 Å². The van der Waals surface area contributed by atoms with Crippen LogP contribution in [0.3, 0.4) is 0 Å². The molecule has 1 heterocycles. The third kappa shape index (κ3) is 3.56. The van der Waals surface area contributed by atoms with Gasteiger partial charge in [-0.25, -0.2) is 0 Å². The average Bonchev–Trinajstić information content (AvgIpc) is 2.66. The maximum absolute atomic E-state index is 4.11. The molecule has 1 N–H and O–H groups in total. The molecule has 90 valence electrons. The van der Waals surface area contributed by atoms with Crippen molar-refractivity contribution in [3.8, 4) is 0 Å². The molecule has 1 saturated carbocycles. The summed E-state index contributed by atoms with van der Waals surface area (Å²) in [4.78, 5) is 5.45. The first-order valence-corrected chi connectivity index (χ1v) is 7.35. The molecule has 3 heteroatoms. The fraction of sp³-hybridized carbons (Fsp3) is 0.769. The van der Waals surface area contributed by atoms with Crippen LogP contribution in [0, 0.1) is 5.92 Å². The summed E-state index contributed by atoms with van der Waals surface area (Å²) in [5.41, 5.74) is 1.91. The van der Waals surface area contributed by atoms with E-state index in [0.29, 0.717) is 6.04 Å². The molecule has 1 aliphatic rings. The van der Waals surface area contributed by atoms with Crippen LogP contribution < -0.4 is 5.32 Å². The summed E-state index contributed by atoms with van der Waals surface area (Å²) in [6, 6.07) is 0.653. The van der Waals surface area contributed by atoms with Crippen LogP contribution >= 0.6 is 11.3 Å². The zero-order chi connectivity index (χ0) is 11.2. The Labute approximate surface area is 102 Å². The van der Waals surface area contributed by atoms with Gasteiger partial charge in [0.1, 0.15) is 0 Å². The largest absolute Gasteiger partial charge is 0.309 e. The molecular formula is C13H22N2S. The van der Waals surface area contributed by atoms with Gasteiger partial charge in [-0.05, 0) is 25.7 Å². The van der Waals surface area contributed by atoms with Crippen LogP contribution in [0.25, 0.3) is 0 Å². The van der Waals surface area contributed by atoms with Gasteiger partial charge in [0.05, 0.1) is 5.51 Å². The second-order valence-electron chi connectivity index (χ2n) is 4.89. The van der Waals surface area contributed by atoms with Gasteiger partial charge in [0, 0.05) is 23.7 Å². The molecule has 0 amide bonds. The minimum absolute atomic E-state index is 0.653. The van der Waals surface area contributed by atoms with E-state index in [1.807, 2.05) is 11.7 Å². The van der Waals surface area contributed by atoms with Gasteiger partial charge in [0.25, 0.3) is 0 Å². The van der Waals surface area contributed by atoms with Crippen molar-refractivity contribution in [2.45, 2.75) is 58.0 Å². The molecule has 0 aliphatic heterocycles. The second kappa shape index (κ2) is 6.36. The van der Waals surface area contributed by atoms with Crippen LogP contribution in [0.15, 0.2) is 11.7 Å². The number of nitrogens with zero attached hydrogens (tertiary/aromatic N) is 1. The van der Waals surface area contributed by atoms with Crippen molar-refractivity contribution in [1.82, 2.24) is 10.3 Å². The second-order valence-corrected chi connectivity index (χ2v) is 5.86. The molecule has 0 radical (unpaired) electrons. The van der Waals surface area contributed by atoms with Crippen molar-refractivity contribution < 1.29 is 0 Å². The molecule has 2 nitrogen and oxygen atoms in total. The lowest BCUT2D eigenvalue weighted by atomic mass is 9.93. The highest BCUT2D eigenvalue weighted by atomic mass is 32.1. The lowest BCUT2D eigenvalue weighted by Gasteiger charge is -2.23. The van der Waals surface area contributed by atoms with Gasteiger partial charge in [0.15, 0.2) is 0 Å². The molecule has 1 aliphatic carbocycles. The summed E-state index contributed by atoms with van der Waals surface area (Å²) >= 11 is 1.74. The van der Waals surface area contributed by atoms with Gasteiger partial charge in [-0.3, -0.25) is 4.98 Å². The summed E-state index contributed by atoms with van der Waals surface area (Å²) in [6.45, 7) is 3.33. The molecule has 2 rings (SSSR count). The van der Waals surface area contributed by atoms with E-state index < -0.39 is 0 Å². The number of aromatic nitrogens is 1. The summed E-state index contributed by atoms with van der Waals surface area (Å²) < 4.78 is 0. The molecule has 1 atom stereocenters. The molecule has 0 bridgehead atoms. The summed E-state index contributed by atoms with van der Waals surface area (Å²) in [5.74, 6) is 0.885. The molecular weight excluding hydrogens is 216 g/mol. The maximum atomic E-state index is 4.11. The Hall–Kier alpha value is -0.410. The molecule has 0 spiro atoms. The van der Waals surface area contributed by atoms with Crippen molar-refractivity contribution in [3.63, 3.8) is 0 Å². The lowest BCUT2D eigenvalue weighted by Crippen LogP contribution is -2.32. The van der Waals surface area contributed by atoms with Gasteiger partial charge in [-0.15, -0.1) is 11.3 Å². The van der Waals surface area contributed by atoms with E-state index in [1.165, 1.54) is 43.4 Å². The highest BCUT2D eigenvalue weighted by Gasteiger charge is 2.18. The first kappa shape index (κ1) is 12.1. The van der Waals surface area contributed by atoms with Crippen LogP contribution in [0.2, 0.25) is 0 Å². The van der Waals surface area contributed by atoms with Crippen molar-refractivity contribution in [2.24, 2.45) is 5.92 Å². The molecule has 0 unspecified atom stereocenters. The number of thiazole rings is 1. The Morgan fingerprint density at radius 3 is 2.75 bits per heavy atom. The van der Waals surface area contributed by atoms with Crippen LogP contribution in [-0.4, -0.2) is 11.0 Å². The summed E-state index contributed by atoms with van der Waals surface area (Å²) in [5, 5.41) is 3.65. The molecule has 0 aromatic carbocycles. The van der Waals surface area contributed by atoms with Crippen molar-refractivity contribution >= 4 is 11.3 Å². The Kier molecular flexibility index (Phi) is 4.79. The minimum Gasteiger partial charge on any atom is -0.309 e. The third-order valence-electron chi connectivity index (χ3n) is 3.69. The smallest absolute Gasteiger partial charge is 0.0794 e. The van der Waals surface area contributed by atoms with Gasteiger partial charge in [-0.2, -0.15) is 0 Å². The predicted octanol–water partition coefficient (Wildman–Crippen LogP) is 3.59.